The molecule has 6 nitrogen and oxygen atoms in total. The van der Waals surface area contributed by atoms with E-state index in [0.717, 1.165) is 31.4 Å². The van der Waals surface area contributed by atoms with Crippen molar-refractivity contribution in [1.29, 1.82) is 0 Å². The molecule has 0 spiro atoms. The van der Waals surface area contributed by atoms with Gasteiger partial charge >= 0.3 is 0 Å². The predicted octanol–water partition coefficient (Wildman–Crippen LogP) is 1.77. The maximum absolute atomic E-state index is 12.9. The Balaban J connectivity index is 1.80. The molecule has 0 N–H and O–H groups in total. The number of hydrogen-bond donors (Lipinski definition) is 0. The molecule has 2 aliphatic rings. The minimum Gasteiger partial charge on any atom is -0.468 e. The van der Waals surface area contributed by atoms with Gasteiger partial charge in [0.15, 0.2) is 0 Å². The van der Waals surface area contributed by atoms with E-state index in [1.807, 2.05) is 6.07 Å². The lowest BCUT2D eigenvalue weighted by Gasteiger charge is -2.35. The zero-order valence-corrected chi connectivity index (χ0v) is 13.1. The van der Waals surface area contributed by atoms with Gasteiger partial charge in [0, 0.05) is 26.7 Å². The van der Waals surface area contributed by atoms with Crippen LogP contribution in [-0.2, 0) is 14.9 Å². The molecule has 2 saturated heterocycles. The third kappa shape index (κ3) is 2.88. The third-order valence-electron chi connectivity index (χ3n) is 4.37. The molecule has 0 aromatic carbocycles. The summed E-state index contributed by atoms with van der Waals surface area (Å²) in [7, 11) is -1.81. The van der Waals surface area contributed by atoms with E-state index in [1.165, 1.54) is 0 Å². The summed E-state index contributed by atoms with van der Waals surface area (Å²) in [6.45, 7) is 1.58. The van der Waals surface area contributed by atoms with Gasteiger partial charge in [-0.3, -0.25) is 0 Å². The highest BCUT2D eigenvalue weighted by Gasteiger charge is 2.41. The molecule has 0 saturated carbocycles. The Bertz CT molecular complexity index is 558. The van der Waals surface area contributed by atoms with Gasteiger partial charge in [-0.2, -0.15) is 17.0 Å². The van der Waals surface area contributed by atoms with Crippen LogP contribution >= 0.6 is 0 Å². The molecule has 3 rings (SSSR count). The van der Waals surface area contributed by atoms with Gasteiger partial charge in [0.25, 0.3) is 10.2 Å². The van der Waals surface area contributed by atoms with Gasteiger partial charge in [0.1, 0.15) is 5.76 Å². The van der Waals surface area contributed by atoms with E-state index in [9.17, 15) is 8.42 Å². The highest BCUT2D eigenvalue weighted by Crippen LogP contribution is 2.36. The summed E-state index contributed by atoms with van der Waals surface area (Å²) in [5.74, 6) is 0.733. The van der Waals surface area contributed by atoms with Crippen LogP contribution in [0.2, 0.25) is 0 Å². The molecule has 2 aliphatic heterocycles. The van der Waals surface area contributed by atoms with Crippen molar-refractivity contribution in [2.45, 2.75) is 37.8 Å². The first-order chi connectivity index (χ1) is 10.1. The first kappa shape index (κ1) is 15.0. The average Bonchev–Trinajstić information content (AvgIpc) is 3.17. The maximum Gasteiger partial charge on any atom is 0.282 e. The zero-order chi connectivity index (χ0) is 14.9. The summed E-state index contributed by atoms with van der Waals surface area (Å²) >= 11 is 0. The van der Waals surface area contributed by atoms with Gasteiger partial charge in [-0.05, 0) is 37.8 Å². The highest BCUT2D eigenvalue weighted by atomic mass is 32.2. The number of rotatable bonds is 4. The molecule has 118 valence electrons. The average molecular weight is 314 g/mol. The predicted molar refractivity (Wildman–Crippen MR) is 77.9 cm³/mol. The van der Waals surface area contributed by atoms with Crippen molar-refractivity contribution in [1.82, 2.24) is 8.61 Å². The SMILES string of the molecule is CO[C@@H]1CCCN(S(=O)(=O)N2CCC[C@H]2c2ccco2)C1. The molecule has 2 atom stereocenters. The van der Waals surface area contributed by atoms with Crippen LogP contribution in [0.3, 0.4) is 0 Å². The Hall–Kier alpha value is -0.890. The number of piperidine rings is 1. The summed E-state index contributed by atoms with van der Waals surface area (Å²) in [5, 5.41) is 0. The lowest BCUT2D eigenvalue weighted by Crippen LogP contribution is -2.49. The Labute approximate surface area is 125 Å². The molecule has 0 aliphatic carbocycles. The summed E-state index contributed by atoms with van der Waals surface area (Å²) in [6.07, 6.45) is 5.04. The van der Waals surface area contributed by atoms with Crippen LogP contribution in [0.15, 0.2) is 22.8 Å². The third-order valence-corrected chi connectivity index (χ3v) is 6.39. The van der Waals surface area contributed by atoms with E-state index in [4.69, 9.17) is 9.15 Å². The Morgan fingerprint density at radius 3 is 2.81 bits per heavy atom. The van der Waals surface area contributed by atoms with Crippen LogP contribution in [0.5, 0.6) is 0 Å². The van der Waals surface area contributed by atoms with Crippen LogP contribution in [0.1, 0.15) is 37.5 Å². The van der Waals surface area contributed by atoms with Gasteiger partial charge in [-0.25, -0.2) is 0 Å². The van der Waals surface area contributed by atoms with Crippen LogP contribution in [0, 0.1) is 0 Å². The Morgan fingerprint density at radius 1 is 1.29 bits per heavy atom. The second kappa shape index (κ2) is 6.08. The van der Waals surface area contributed by atoms with Crippen LogP contribution in [0.25, 0.3) is 0 Å². The van der Waals surface area contributed by atoms with Gasteiger partial charge in [0.05, 0.1) is 18.4 Å². The molecule has 21 heavy (non-hydrogen) atoms. The van der Waals surface area contributed by atoms with Crippen LogP contribution in [-0.4, -0.2) is 49.9 Å². The molecule has 7 heteroatoms. The zero-order valence-electron chi connectivity index (χ0n) is 12.3. The second-order valence-electron chi connectivity index (χ2n) is 5.65. The van der Waals surface area contributed by atoms with Crippen molar-refractivity contribution in [2.24, 2.45) is 0 Å². The Morgan fingerprint density at radius 2 is 2.10 bits per heavy atom. The van der Waals surface area contributed by atoms with Crippen LogP contribution < -0.4 is 0 Å². The fraction of sp³-hybridized carbons (Fsp3) is 0.714. The number of nitrogens with zero attached hydrogens (tertiary/aromatic N) is 2. The van der Waals surface area contributed by atoms with Crippen molar-refractivity contribution < 1.29 is 17.6 Å². The van der Waals surface area contributed by atoms with Gasteiger partial charge in [0.2, 0.25) is 0 Å². The number of methoxy groups -OCH3 is 1. The number of furan rings is 1. The molecule has 0 bridgehead atoms. The number of hydrogen-bond acceptors (Lipinski definition) is 4. The Kier molecular flexibility index (Phi) is 4.35. The smallest absolute Gasteiger partial charge is 0.282 e. The standard InChI is InChI=1S/C14H22N2O4S/c1-19-12-5-2-8-15(11-12)21(17,18)16-9-3-6-13(16)14-7-4-10-20-14/h4,7,10,12-13H,2-3,5-6,8-9,11H2,1H3/t12-,13+/m1/s1. The van der Waals surface area contributed by atoms with E-state index in [-0.39, 0.29) is 12.1 Å². The maximum atomic E-state index is 12.9. The fourth-order valence-electron chi connectivity index (χ4n) is 3.24. The lowest BCUT2D eigenvalue weighted by molar-refractivity contribution is 0.0550. The quantitative estimate of drug-likeness (QED) is 0.850. The fourth-order valence-corrected chi connectivity index (χ4v) is 5.14. The topological polar surface area (TPSA) is 63.0 Å². The molecule has 1 aromatic heterocycles. The minimum atomic E-state index is -3.45. The first-order valence-electron chi connectivity index (χ1n) is 7.46. The molecular weight excluding hydrogens is 292 g/mol. The molecule has 0 radical (unpaired) electrons. The van der Waals surface area contributed by atoms with Crippen molar-refractivity contribution in [2.75, 3.05) is 26.7 Å². The molecule has 2 fully saturated rings. The summed E-state index contributed by atoms with van der Waals surface area (Å²) in [4.78, 5) is 0. The van der Waals surface area contributed by atoms with E-state index >= 15 is 0 Å². The summed E-state index contributed by atoms with van der Waals surface area (Å²) < 4.78 is 39.7. The van der Waals surface area contributed by atoms with Crippen molar-refractivity contribution in [3.63, 3.8) is 0 Å². The largest absolute Gasteiger partial charge is 0.468 e. The van der Waals surface area contributed by atoms with Crippen molar-refractivity contribution in [3.8, 4) is 0 Å². The molecule has 0 amide bonds. The molecule has 3 heterocycles. The first-order valence-corrected chi connectivity index (χ1v) is 8.85. The van der Waals surface area contributed by atoms with Crippen molar-refractivity contribution in [3.05, 3.63) is 24.2 Å². The normalized spacial score (nSPS) is 29.0. The van der Waals surface area contributed by atoms with Gasteiger partial charge in [-0.15, -0.1) is 0 Å². The lowest BCUT2D eigenvalue weighted by atomic mass is 10.1. The second-order valence-corrected chi connectivity index (χ2v) is 7.53. The van der Waals surface area contributed by atoms with E-state index in [0.29, 0.717) is 19.6 Å². The van der Waals surface area contributed by atoms with Crippen LogP contribution in [0.4, 0.5) is 0 Å². The molecule has 0 unspecified atom stereocenters. The van der Waals surface area contributed by atoms with E-state index in [1.54, 1.807) is 28.0 Å². The van der Waals surface area contributed by atoms with Crippen molar-refractivity contribution >= 4 is 10.2 Å². The van der Waals surface area contributed by atoms with Gasteiger partial charge in [-0.1, -0.05) is 0 Å². The van der Waals surface area contributed by atoms with Gasteiger partial charge < -0.3 is 9.15 Å². The summed E-state index contributed by atoms with van der Waals surface area (Å²) in [6, 6.07) is 3.49. The molecule has 1 aromatic rings. The van der Waals surface area contributed by atoms with E-state index < -0.39 is 10.2 Å². The summed E-state index contributed by atoms with van der Waals surface area (Å²) in [5.41, 5.74) is 0. The monoisotopic (exact) mass is 314 g/mol. The minimum absolute atomic E-state index is 0.00168. The van der Waals surface area contributed by atoms with E-state index in [2.05, 4.69) is 0 Å². The molecular formula is C14H22N2O4S. The highest BCUT2D eigenvalue weighted by molar-refractivity contribution is 7.86. The number of ether oxygens (including phenoxy) is 1.